The Hall–Kier alpha value is -2.04. The average Bonchev–Trinajstić information content (AvgIpc) is 3.35. The van der Waals surface area contributed by atoms with Crippen molar-refractivity contribution in [2.75, 3.05) is 18.4 Å². The van der Waals surface area contributed by atoms with Crippen LogP contribution in [-0.2, 0) is 17.6 Å². The van der Waals surface area contributed by atoms with E-state index in [1.807, 2.05) is 0 Å². The first-order valence-corrected chi connectivity index (χ1v) is 8.08. The summed E-state index contributed by atoms with van der Waals surface area (Å²) in [5, 5.41) is 6.04. The number of amides is 1. The molecule has 0 atom stereocenters. The highest BCUT2D eigenvalue weighted by molar-refractivity contribution is 5.95. The van der Waals surface area contributed by atoms with Gasteiger partial charge < -0.3 is 16.4 Å². The third-order valence-electron chi connectivity index (χ3n) is 3.93. The fourth-order valence-corrected chi connectivity index (χ4v) is 2.36. The minimum Gasteiger partial charge on any atom is -0.370 e. The average molecular weight is 302 g/mol. The standard InChI is InChI=1S/C17H26N4O/c1-3-13-6-5-7-14(4-2)16(13)21-17(18)20-11-15(22)19-10-12-8-9-12/h5-7,12H,3-4,8-11H2,1-2H3,(H,19,22)(H3,18,20,21). The van der Waals surface area contributed by atoms with Crippen molar-refractivity contribution >= 4 is 17.6 Å². The normalized spacial score (nSPS) is 14.7. The van der Waals surface area contributed by atoms with Crippen molar-refractivity contribution in [2.24, 2.45) is 16.6 Å². The third kappa shape index (κ3) is 4.76. The molecule has 4 N–H and O–H groups in total. The van der Waals surface area contributed by atoms with Crippen molar-refractivity contribution < 1.29 is 4.79 Å². The van der Waals surface area contributed by atoms with Gasteiger partial charge in [-0.05, 0) is 42.7 Å². The zero-order chi connectivity index (χ0) is 15.9. The summed E-state index contributed by atoms with van der Waals surface area (Å²) in [6.07, 6.45) is 4.29. The fourth-order valence-electron chi connectivity index (χ4n) is 2.36. The summed E-state index contributed by atoms with van der Waals surface area (Å²) in [6, 6.07) is 6.22. The second kappa shape index (κ2) is 7.82. The second-order valence-corrected chi connectivity index (χ2v) is 5.73. The van der Waals surface area contributed by atoms with E-state index in [0.29, 0.717) is 5.92 Å². The predicted octanol–water partition coefficient (Wildman–Crippen LogP) is 2.06. The lowest BCUT2D eigenvalue weighted by Crippen LogP contribution is -2.30. The number of rotatable bonds is 7. The molecular formula is C17H26N4O. The van der Waals surface area contributed by atoms with Crippen LogP contribution in [0.4, 0.5) is 5.69 Å². The van der Waals surface area contributed by atoms with E-state index in [9.17, 15) is 4.79 Å². The van der Waals surface area contributed by atoms with Gasteiger partial charge in [-0.1, -0.05) is 32.0 Å². The van der Waals surface area contributed by atoms with Gasteiger partial charge in [0.2, 0.25) is 5.91 Å². The largest absolute Gasteiger partial charge is 0.370 e. The van der Waals surface area contributed by atoms with Gasteiger partial charge in [0.1, 0.15) is 6.54 Å². The van der Waals surface area contributed by atoms with Crippen molar-refractivity contribution in [3.05, 3.63) is 29.3 Å². The number of nitrogens with one attached hydrogen (secondary N) is 2. The molecular weight excluding hydrogens is 276 g/mol. The maximum Gasteiger partial charge on any atom is 0.241 e. The lowest BCUT2D eigenvalue weighted by Gasteiger charge is -2.14. The molecule has 2 rings (SSSR count). The highest BCUT2D eigenvalue weighted by Gasteiger charge is 2.21. The molecule has 0 unspecified atom stereocenters. The molecule has 0 radical (unpaired) electrons. The van der Waals surface area contributed by atoms with Gasteiger partial charge in [-0.3, -0.25) is 4.79 Å². The van der Waals surface area contributed by atoms with Crippen LogP contribution in [0.3, 0.4) is 0 Å². The van der Waals surface area contributed by atoms with Crippen molar-refractivity contribution in [3.63, 3.8) is 0 Å². The van der Waals surface area contributed by atoms with Crippen LogP contribution in [-0.4, -0.2) is 25.0 Å². The zero-order valence-corrected chi connectivity index (χ0v) is 13.5. The monoisotopic (exact) mass is 302 g/mol. The Morgan fingerprint density at radius 3 is 2.45 bits per heavy atom. The number of carbonyl (C=O) groups is 1. The summed E-state index contributed by atoms with van der Waals surface area (Å²) in [5.74, 6) is 0.889. The van der Waals surface area contributed by atoms with Gasteiger partial charge in [-0.15, -0.1) is 0 Å². The molecule has 0 aromatic heterocycles. The molecule has 1 aliphatic rings. The molecule has 0 spiro atoms. The number of hydrogen-bond acceptors (Lipinski definition) is 2. The maximum atomic E-state index is 11.7. The number of aryl methyl sites for hydroxylation is 2. The van der Waals surface area contributed by atoms with Crippen molar-refractivity contribution in [1.82, 2.24) is 5.32 Å². The lowest BCUT2D eigenvalue weighted by atomic mass is 10.0. The number of benzene rings is 1. The minimum atomic E-state index is -0.0730. The number of para-hydroxylation sites is 1. The molecule has 1 saturated carbocycles. The summed E-state index contributed by atoms with van der Waals surface area (Å²) in [5.41, 5.74) is 9.36. The van der Waals surface area contributed by atoms with Gasteiger partial charge in [-0.25, -0.2) is 4.99 Å². The molecule has 1 fully saturated rings. The van der Waals surface area contributed by atoms with Crippen LogP contribution in [0.5, 0.6) is 0 Å². The second-order valence-electron chi connectivity index (χ2n) is 5.73. The van der Waals surface area contributed by atoms with Gasteiger partial charge in [0, 0.05) is 12.2 Å². The van der Waals surface area contributed by atoms with Crippen LogP contribution in [0.25, 0.3) is 0 Å². The van der Waals surface area contributed by atoms with Gasteiger partial charge in [0.15, 0.2) is 5.96 Å². The number of nitrogens with zero attached hydrogens (tertiary/aromatic N) is 1. The van der Waals surface area contributed by atoms with Crippen LogP contribution < -0.4 is 16.4 Å². The van der Waals surface area contributed by atoms with Crippen molar-refractivity contribution in [1.29, 1.82) is 0 Å². The molecule has 5 nitrogen and oxygen atoms in total. The van der Waals surface area contributed by atoms with E-state index < -0.39 is 0 Å². The highest BCUT2D eigenvalue weighted by atomic mass is 16.1. The van der Waals surface area contributed by atoms with Crippen molar-refractivity contribution in [2.45, 2.75) is 39.5 Å². The quantitative estimate of drug-likeness (QED) is 0.533. The first-order chi connectivity index (χ1) is 10.6. The molecule has 0 saturated heterocycles. The number of carbonyl (C=O) groups excluding carboxylic acids is 1. The topological polar surface area (TPSA) is 79.5 Å². The van der Waals surface area contributed by atoms with E-state index in [1.54, 1.807) is 0 Å². The Balaban J connectivity index is 1.93. The highest BCUT2D eigenvalue weighted by Crippen LogP contribution is 2.27. The Morgan fingerprint density at radius 1 is 1.27 bits per heavy atom. The molecule has 1 amide bonds. The summed E-state index contributed by atoms with van der Waals surface area (Å²) >= 11 is 0. The minimum absolute atomic E-state index is 0.0707. The van der Waals surface area contributed by atoms with E-state index >= 15 is 0 Å². The number of aliphatic imine (C=N–C) groups is 1. The number of guanidine groups is 1. The van der Waals surface area contributed by atoms with E-state index in [0.717, 1.165) is 25.1 Å². The summed E-state index contributed by atoms with van der Waals surface area (Å²) in [4.78, 5) is 15.8. The number of anilines is 1. The maximum absolute atomic E-state index is 11.7. The van der Waals surface area contributed by atoms with Gasteiger partial charge in [0.25, 0.3) is 0 Å². The summed E-state index contributed by atoms with van der Waals surface area (Å²) in [6.45, 7) is 5.05. The van der Waals surface area contributed by atoms with Crippen LogP contribution in [0.1, 0.15) is 37.8 Å². The Bertz CT molecular complexity index is 527. The Kier molecular flexibility index (Phi) is 5.81. The van der Waals surface area contributed by atoms with Crippen molar-refractivity contribution in [3.8, 4) is 0 Å². The Morgan fingerprint density at radius 2 is 1.91 bits per heavy atom. The third-order valence-corrected chi connectivity index (χ3v) is 3.93. The van der Waals surface area contributed by atoms with Gasteiger partial charge in [-0.2, -0.15) is 0 Å². The molecule has 1 aliphatic carbocycles. The van der Waals surface area contributed by atoms with E-state index in [4.69, 9.17) is 5.73 Å². The predicted molar refractivity (Wildman–Crippen MR) is 91.0 cm³/mol. The molecule has 0 bridgehead atoms. The van der Waals surface area contributed by atoms with Crippen LogP contribution in [0.2, 0.25) is 0 Å². The van der Waals surface area contributed by atoms with Gasteiger partial charge in [0.05, 0.1) is 0 Å². The Labute approximate surface area is 132 Å². The molecule has 1 aromatic rings. The van der Waals surface area contributed by atoms with E-state index in [2.05, 4.69) is 47.7 Å². The summed E-state index contributed by atoms with van der Waals surface area (Å²) < 4.78 is 0. The summed E-state index contributed by atoms with van der Waals surface area (Å²) in [7, 11) is 0. The lowest BCUT2D eigenvalue weighted by molar-refractivity contribution is -0.119. The molecule has 120 valence electrons. The van der Waals surface area contributed by atoms with Crippen LogP contribution >= 0.6 is 0 Å². The SMILES string of the molecule is CCc1cccc(CC)c1NC(N)=NCC(=O)NCC1CC1. The van der Waals surface area contributed by atoms with Crippen LogP contribution in [0.15, 0.2) is 23.2 Å². The molecule has 22 heavy (non-hydrogen) atoms. The smallest absolute Gasteiger partial charge is 0.241 e. The molecule has 0 aliphatic heterocycles. The first-order valence-electron chi connectivity index (χ1n) is 8.08. The molecule has 1 aromatic carbocycles. The van der Waals surface area contributed by atoms with Crippen LogP contribution in [0, 0.1) is 5.92 Å². The number of hydrogen-bond donors (Lipinski definition) is 3. The molecule has 5 heteroatoms. The number of nitrogens with two attached hydrogens (primary N) is 1. The fraction of sp³-hybridized carbons (Fsp3) is 0.529. The van der Waals surface area contributed by atoms with Gasteiger partial charge >= 0.3 is 0 Å². The van der Waals surface area contributed by atoms with E-state index in [1.165, 1.54) is 24.0 Å². The zero-order valence-electron chi connectivity index (χ0n) is 13.5. The van der Waals surface area contributed by atoms with E-state index in [-0.39, 0.29) is 18.4 Å². The first kappa shape index (κ1) is 16.3. The molecule has 0 heterocycles.